The maximum absolute atomic E-state index is 10.4. The lowest BCUT2D eigenvalue weighted by Gasteiger charge is -2.24. The van der Waals surface area contributed by atoms with Gasteiger partial charge in [0, 0.05) is 0 Å². The summed E-state index contributed by atoms with van der Waals surface area (Å²) in [5.74, 6) is 0.127. The predicted octanol–water partition coefficient (Wildman–Crippen LogP) is 1.14. The molecule has 0 unspecified atom stereocenters. The first-order valence-electron chi connectivity index (χ1n) is 3.40. The number of Topliss-reactive ketones (excluding diaryl/α,β-unsaturated/α-hetero) is 1. The van der Waals surface area contributed by atoms with Crippen molar-refractivity contribution in [1.82, 2.24) is 0 Å². The lowest BCUT2D eigenvalue weighted by atomic mass is 9.96. The highest BCUT2D eigenvalue weighted by Crippen LogP contribution is 2.21. The Bertz CT molecular complexity index is 105. The molecule has 0 heterocycles. The molecule has 0 bridgehead atoms. The predicted molar refractivity (Wildman–Crippen MR) is 34.3 cm³/mol. The maximum Gasteiger partial charge on any atom is 0.155 e. The molecule has 2 heteroatoms. The van der Waals surface area contributed by atoms with Crippen LogP contribution < -0.4 is 0 Å². The fourth-order valence-corrected chi connectivity index (χ4v) is 0.773. The van der Waals surface area contributed by atoms with Crippen LogP contribution in [0.2, 0.25) is 0 Å². The van der Waals surface area contributed by atoms with Crippen molar-refractivity contribution in [3.05, 3.63) is 0 Å². The Balaban J connectivity index is 1.97. The van der Waals surface area contributed by atoms with E-state index in [0.29, 0.717) is 12.7 Å². The van der Waals surface area contributed by atoms with Crippen LogP contribution in [0.3, 0.4) is 0 Å². The molecule has 0 aromatic rings. The van der Waals surface area contributed by atoms with E-state index in [-0.39, 0.29) is 5.78 Å². The molecule has 1 fully saturated rings. The quantitative estimate of drug-likeness (QED) is 0.569. The zero-order valence-corrected chi connectivity index (χ0v) is 5.72. The molecule has 0 aromatic heterocycles. The minimum atomic E-state index is 0.127. The first-order valence-corrected chi connectivity index (χ1v) is 3.40. The Morgan fingerprint density at radius 3 is 2.67 bits per heavy atom. The molecule has 52 valence electrons. The van der Waals surface area contributed by atoms with E-state index < -0.39 is 0 Å². The van der Waals surface area contributed by atoms with Crippen LogP contribution in [0.25, 0.3) is 0 Å². The van der Waals surface area contributed by atoms with Crippen molar-refractivity contribution in [2.24, 2.45) is 0 Å². The van der Waals surface area contributed by atoms with Crippen LogP contribution in [0, 0.1) is 0 Å². The van der Waals surface area contributed by atoms with Gasteiger partial charge in [-0.3, -0.25) is 4.79 Å². The van der Waals surface area contributed by atoms with Gasteiger partial charge < -0.3 is 4.74 Å². The van der Waals surface area contributed by atoms with E-state index in [0.717, 1.165) is 12.8 Å². The number of hydrogen-bond donors (Lipinski definition) is 0. The molecule has 0 aromatic carbocycles. The normalized spacial score (nSPS) is 19.2. The number of ketones is 1. The molecule has 9 heavy (non-hydrogen) atoms. The zero-order valence-electron chi connectivity index (χ0n) is 5.72. The largest absolute Gasteiger partial charge is 0.370 e. The maximum atomic E-state index is 10.4. The third-order valence-corrected chi connectivity index (χ3v) is 1.57. The lowest BCUT2D eigenvalue weighted by Crippen LogP contribution is -2.23. The second-order valence-electron chi connectivity index (χ2n) is 2.57. The van der Waals surface area contributed by atoms with Gasteiger partial charge in [-0.15, -0.1) is 0 Å². The highest BCUT2D eigenvalue weighted by Gasteiger charge is 2.17. The summed E-state index contributed by atoms with van der Waals surface area (Å²) in [6, 6.07) is 0. The Labute approximate surface area is 55.2 Å². The fraction of sp³-hybridized carbons (Fsp3) is 0.857. The van der Waals surface area contributed by atoms with Gasteiger partial charge in [0.05, 0.1) is 6.10 Å². The zero-order chi connectivity index (χ0) is 6.69. The van der Waals surface area contributed by atoms with Crippen LogP contribution in [-0.4, -0.2) is 18.5 Å². The second-order valence-corrected chi connectivity index (χ2v) is 2.57. The second kappa shape index (κ2) is 2.97. The van der Waals surface area contributed by atoms with Gasteiger partial charge in [0.15, 0.2) is 5.78 Å². The number of rotatable bonds is 3. The minimum absolute atomic E-state index is 0.127. The Morgan fingerprint density at radius 2 is 2.33 bits per heavy atom. The molecule has 1 rings (SSSR count). The molecule has 0 radical (unpaired) electrons. The van der Waals surface area contributed by atoms with E-state index in [1.54, 1.807) is 6.92 Å². The van der Waals surface area contributed by atoms with Crippen LogP contribution in [0.1, 0.15) is 26.2 Å². The molecule has 1 aliphatic carbocycles. The highest BCUT2D eigenvalue weighted by atomic mass is 16.5. The van der Waals surface area contributed by atoms with Crippen molar-refractivity contribution in [1.29, 1.82) is 0 Å². The van der Waals surface area contributed by atoms with Gasteiger partial charge in [-0.25, -0.2) is 0 Å². The van der Waals surface area contributed by atoms with Crippen LogP contribution in [-0.2, 0) is 9.53 Å². The third-order valence-electron chi connectivity index (χ3n) is 1.57. The van der Waals surface area contributed by atoms with Crippen molar-refractivity contribution < 1.29 is 9.53 Å². The summed E-state index contributed by atoms with van der Waals surface area (Å²) in [4.78, 5) is 10.4. The smallest absolute Gasteiger partial charge is 0.155 e. The van der Waals surface area contributed by atoms with Crippen molar-refractivity contribution in [2.75, 3.05) is 6.61 Å². The Morgan fingerprint density at radius 1 is 1.67 bits per heavy atom. The van der Waals surface area contributed by atoms with E-state index in [1.165, 1.54) is 6.42 Å². The number of carbonyl (C=O) groups is 1. The summed E-state index contributed by atoms with van der Waals surface area (Å²) in [7, 11) is 0. The van der Waals surface area contributed by atoms with Gasteiger partial charge in [-0.1, -0.05) is 0 Å². The molecule has 0 saturated heterocycles. The van der Waals surface area contributed by atoms with Gasteiger partial charge in [0.2, 0.25) is 0 Å². The summed E-state index contributed by atoms with van der Waals surface area (Å²) in [6.45, 7) is 1.86. The van der Waals surface area contributed by atoms with E-state index in [2.05, 4.69) is 0 Å². The van der Waals surface area contributed by atoms with Gasteiger partial charge in [-0.05, 0) is 26.2 Å². The molecule has 0 N–H and O–H groups in total. The summed E-state index contributed by atoms with van der Waals surface area (Å²) < 4.78 is 5.19. The number of ether oxygens (including phenoxy) is 1. The van der Waals surface area contributed by atoms with Crippen LogP contribution in [0.4, 0.5) is 0 Å². The van der Waals surface area contributed by atoms with Gasteiger partial charge in [0.25, 0.3) is 0 Å². The summed E-state index contributed by atoms with van der Waals surface area (Å²) in [6.07, 6.45) is 3.96. The Hall–Kier alpha value is -0.370. The molecule has 1 saturated carbocycles. The monoisotopic (exact) mass is 128 g/mol. The van der Waals surface area contributed by atoms with E-state index in [4.69, 9.17) is 4.74 Å². The van der Waals surface area contributed by atoms with Gasteiger partial charge >= 0.3 is 0 Å². The molecule has 1 aliphatic rings. The number of hydrogen-bond acceptors (Lipinski definition) is 2. The number of carbonyl (C=O) groups excluding carboxylic acids is 1. The third kappa shape index (κ3) is 2.14. The van der Waals surface area contributed by atoms with Gasteiger partial charge in [-0.2, -0.15) is 0 Å². The lowest BCUT2D eigenvalue weighted by molar-refractivity contribution is -0.125. The van der Waals surface area contributed by atoms with Crippen LogP contribution in [0.15, 0.2) is 0 Å². The first-order chi connectivity index (χ1) is 4.29. The van der Waals surface area contributed by atoms with E-state index in [9.17, 15) is 4.79 Å². The molecular formula is C7H12O2. The summed E-state index contributed by atoms with van der Waals surface area (Å²) >= 11 is 0. The summed E-state index contributed by atoms with van der Waals surface area (Å²) in [5.41, 5.74) is 0. The average Bonchev–Trinajstić information content (AvgIpc) is 1.60. The van der Waals surface area contributed by atoms with Crippen LogP contribution >= 0.6 is 0 Å². The van der Waals surface area contributed by atoms with E-state index in [1.807, 2.05) is 0 Å². The molecule has 2 nitrogen and oxygen atoms in total. The minimum Gasteiger partial charge on any atom is -0.370 e. The molecule has 0 spiro atoms. The molecular weight excluding hydrogens is 116 g/mol. The van der Waals surface area contributed by atoms with Crippen molar-refractivity contribution in [3.63, 3.8) is 0 Å². The van der Waals surface area contributed by atoms with E-state index >= 15 is 0 Å². The molecule has 0 atom stereocenters. The fourth-order valence-electron chi connectivity index (χ4n) is 0.773. The van der Waals surface area contributed by atoms with Crippen molar-refractivity contribution >= 4 is 5.78 Å². The van der Waals surface area contributed by atoms with Gasteiger partial charge in [0.1, 0.15) is 6.61 Å². The first kappa shape index (κ1) is 6.75. The Kier molecular flexibility index (Phi) is 2.22. The SMILES string of the molecule is CC(=O)COC1CCC1. The van der Waals surface area contributed by atoms with Crippen LogP contribution in [0.5, 0.6) is 0 Å². The highest BCUT2D eigenvalue weighted by molar-refractivity contribution is 5.76. The topological polar surface area (TPSA) is 26.3 Å². The van der Waals surface area contributed by atoms with Crippen molar-refractivity contribution in [3.8, 4) is 0 Å². The molecule has 0 amide bonds. The summed E-state index contributed by atoms with van der Waals surface area (Å²) in [5, 5.41) is 0. The van der Waals surface area contributed by atoms with Crippen molar-refractivity contribution in [2.45, 2.75) is 32.3 Å². The average molecular weight is 128 g/mol. The molecule has 0 aliphatic heterocycles. The standard InChI is InChI=1S/C7H12O2/c1-6(8)5-9-7-3-2-4-7/h7H,2-5H2,1H3.